The Morgan fingerprint density at radius 2 is 1.83 bits per heavy atom. The molecule has 1 fully saturated rings. The molecule has 1 N–H and O–H groups in total. The van der Waals surface area contributed by atoms with Crippen LogP contribution in [0, 0.1) is 0 Å². The summed E-state index contributed by atoms with van der Waals surface area (Å²) in [6, 6.07) is 12.9. The number of nitrogens with one attached hydrogen (secondary N) is 1. The lowest BCUT2D eigenvalue weighted by molar-refractivity contribution is -0.122. The molecule has 4 rings (SSSR count). The van der Waals surface area contributed by atoms with Crippen molar-refractivity contribution in [1.29, 1.82) is 0 Å². The number of furan rings is 1. The van der Waals surface area contributed by atoms with E-state index in [-0.39, 0.29) is 35.1 Å². The normalized spacial score (nSPS) is 14.6. The van der Waals surface area contributed by atoms with Crippen LogP contribution in [0.2, 0.25) is 0 Å². The SMILES string of the molecule is CCOc1cc(/C=C2\C(=O)NC(=O)N(c3ccc(OC)cc3)C2=O)ccc1OC(=O)c1ccco1. The van der Waals surface area contributed by atoms with Gasteiger partial charge in [0.1, 0.15) is 11.3 Å². The fraction of sp³-hybridized carbons (Fsp3) is 0.120. The molecule has 0 bridgehead atoms. The fourth-order valence-corrected chi connectivity index (χ4v) is 3.30. The molecule has 3 aromatic rings. The number of anilines is 1. The molecule has 0 radical (unpaired) electrons. The number of urea groups is 1. The molecular formula is C25H20N2O8. The van der Waals surface area contributed by atoms with Crippen molar-refractivity contribution in [2.24, 2.45) is 0 Å². The molecule has 10 nitrogen and oxygen atoms in total. The van der Waals surface area contributed by atoms with Crippen LogP contribution in [0.5, 0.6) is 17.2 Å². The first-order valence-corrected chi connectivity index (χ1v) is 10.5. The third kappa shape index (κ3) is 4.91. The molecule has 1 aromatic heterocycles. The molecule has 0 unspecified atom stereocenters. The van der Waals surface area contributed by atoms with Gasteiger partial charge in [-0.05, 0) is 67.1 Å². The molecule has 1 saturated heterocycles. The maximum atomic E-state index is 13.1. The highest BCUT2D eigenvalue weighted by atomic mass is 16.6. The van der Waals surface area contributed by atoms with E-state index < -0.39 is 23.8 Å². The second-order valence-electron chi connectivity index (χ2n) is 7.16. The Labute approximate surface area is 199 Å². The minimum absolute atomic E-state index is 0.0198. The van der Waals surface area contributed by atoms with Gasteiger partial charge in [-0.1, -0.05) is 6.07 Å². The highest BCUT2D eigenvalue weighted by molar-refractivity contribution is 6.39. The lowest BCUT2D eigenvalue weighted by atomic mass is 10.1. The number of benzene rings is 2. The van der Waals surface area contributed by atoms with Crippen LogP contribution in [-0.2, 0) is 9.59 Å². The van der Waals surface area contributed by atoms with Gasteiger partial charge >= 0.3 is 12.0 Å². The summed E-state index contributed by atoms with van der Waals surface area (Å²) in [6.07, 6.45) is 2.67. The van der Waals surface area contributed by atoms with Gasteiger partial charge in [-0.2, -0.15) is 0 Å². The van der Waals surface area contributed by atoms with Crippen molar-refractivity contribution in [3.05, 3.63) is 77.8 Å². The topological polar surface area (TPSA) is 124 Å². The number of esters is 1. The molecule has 178 valence electrons. The predicted molar refractivity (Wildman–Crippen MR) is 123 cm³/mol. The molecule has 0 aliphatic carbocycles. The number of nitrogens with zero attached hydrogens (tertiary/aromatic N) is 1. The highest BCUT2D eigenvalue weighted by Gasteiger charge is 2.36. The smallest absolute Gasteiger partial charge is 0.379 e. The Morgan fingerprint density at radius 3 is 2.49 bits per heavy atom. The molecule has 2 aromatic carbocycles. The molecule has 1 aliphatic rings. The van der Waals surface area contributed by atoms with Crippen molar-refractivity contribution >= 4 is 35.6 Å². The molecule has 10 heteroatoms. The predicted octanol–water partition coefficient (Wildman–Crippen LogP) is 3.57. The van der Waals surface area contributed by atoms with Crippen molar-refractivity contribution in [2.45, 2.75) is 6.92 Å². The molecule has 4 amide bonds. The largest absolute Gasteiger partial charge is 0.497 e. The van der Waals surface area contributed by atoms with E-state index in [1.807, 2.05) is 0 Å². The number of ether oxygens (including phenoxy) is 3. The molecular weight excluding hydrogens is 456 g/mol. The van der Waals surface area contributed by atoms with E-state index in [0.717, 1.165) is 4.90 Å². The average molecular weight is 476 g/mol. The zero-order valence-electron chi connectivity index (χ0n) is 18.8. The molecule has 0 spiro atoms. The third-order valence-corrected chi connectivity index (χ3v) is 4.94. The summed E-state index contributed by atoms with van der Waals surface area (Å²) in [4.78, 5) is 51.0. The number of carbonyl (C=O) groups is 4. The van der Waals surface area contributed by atoms with E-state index in [1.165, 1.54) is 55.8 Å². The van der Waals surface area contributed by atoms with Crippen molar-refractivity contribution in [3.63, 3.8) is 0 Å². The van der Waals surface area contributed by atoms with E-state index in [4.69, 9.17) is 18.6 Å². The number of amides is 4. The summed E-state index contributed by atoms with van der Waals surface area (Å²) in [5, 5.41) is 2.17. The molecule has 0 saturated carbocycles. The Bertz CT molecular complexity index is 1310. The van der Waals surface area contributed by atoms with Crippen LogP contribution < -0.4 is 24.4 Å². The van der Waals surface area contributed by atoms with Crippen LogP contribution in [0.25, 0.3) is 6.08 Å². The third-order valence-electron chi connectivity index (χ3n) is 4.94. The number of imide groups is 2. The Morgan fingerprint density at radius 1 is 1.06 bits per heavy atom. The number of methoxy groups -OCH3 is 1. The molecule has 0 atom stereocenters. The number of carbonyl (C=O) groups excluding carboxylic acids is 4. The minimum atomic E-state index is -0.863. The second kappa shape index (κ2) is 9.96. The Balaban J connectivity index is 1.64. The van der Waals surface area contributed by atoms with Gasteiger partial charge in [0.25, 0.3) is 11.8 Å². The monoisotopic (exact) mass is 476 g/mol. The zero-order valence-corrected chi connectivity index (χ0v) is 18.8. The van der Waals surface area contributed by atoms with Crippen molar-refractivity contribution in [1.82, 2.24) is 5.32 Å². The average Bonchev–Trinajstić information content (AvgIpc) is 3.39. The van der Waals surface area contributed by atoms with Crippen LogP contribution in [0.3, 0.4) is 0 Å². The number of hydrogen-bond donors (Lipinski definition) is 1. The van der Waals surface area contributed by atoms with Gasteiger partial charge in [-0.3, -0.25) is 14.9 Å². The zero-order chi connectivity index (χ0) is 24.9. The summed E-state index contributed by atoms with van der Waals surface area (Å²) < 4.78 is 21.1. The first-order chi connectivity index (χ1) is 16.9. The van der Waals surface area contributed by atoms with Crippen LogP contribution in [0.4, 0.5) is 10.5 Å². The van der Waals surface area contributed by atoms with Crippen LogP contribution in [-0.4, -0.2) is 37.5 Å². The van der Waals surface area contributed by atoms with Gasteiger partial charge in [-0.15, -0.1) is 0 Å². The summed E-state index contributed by atoms with van der Waals surface area (Å²) in [5.74, 6) is -1.43. The maximum Gasteiger partial charge on any atom is 0.379 e. The van der Waals surface area contributed by atoms with Gasteiger partial charge in [0.15, 0.2) is 11.5 Å². The lowest BCUT2D eigenvalue weighted by Crippen LogP contribution is -2.54. The van der Waals surface area contributed by atoms with Gasteiger partial charge in [0.2, 0.25) is 5.76 Å². The maximum absolute atomic E-state index is 13.1. The first-order valence-electron chi connectivity index (χ1n) is 10.5. The Kier molecular flexibility index (Phi) is 6.63. The summed E-state index contributed by atoms with van der Waals surface area (Å²) in [5.41, 5.74) is 0.416. The van der Waals surface area contributed by atoms with Gasteiger partial charge in [-0.25, -0.2) is 14.5 Å². The summed E-state index contributed by atoms with van der Waals surface area (Å²) >= 11 is 0. The van der Waals surface area contributed by atoms with E-state index in [9.17, 15) is 19.2 Å². The number of hydrogen-bond acceptors (Lipinski definition) is 8. The van der Waals surface area contributed by atoms with E-state index >= 15 is 0 Å². The van der Waals surface area contributed by atoms with Crippen molar-refractivity contribution in [3.8, 4) is 17.2 Å². The minimum Gasteiger partial charge on any atom is -0.497 e. The molecule has 1 aliphatic heterocycles. The molecule has 2 heterocycles. The quantitative estimate of drug-likeness (QED) is 0.238. The van der Waals surface area contributed by atoms with Gasteiger partial charge in [0.05, 0.1) is 25.7 Å². The van der Waals surface area contributed by atoms with E-state index in [0.29, 0.717) is 11.3 Å². The van der Waals surface area contributed by atoms with Gasteiger partial charge in [0, 0.05) is 0 Å². The summed E-state index contributed by atoms with van der Waals surface area (Å²) in [6.45, 7) is 2.02. The van der Waals surface area contributed by atoms with Crippen LogP contribution >= 0.6 is 0 Å². The fourth-order valence-electron chi connectivity index (χ4n) is 3.30. The molecule has 35 heavy (non-hydrogen) atoms. The standard InChI is InChI=1S/C25H20N2O8/c1-3-33-21-14-15(6-11-19(21)35-24(30)20-5-4-12-34-20)13-18-22(28)26-25(31)27(23(18)29)16-7-9-17(32-2)10-8-16/h4-14H,3H2,1-2H3,(H,26,28,31)/b18-13+. The first kappa shape index (κ1) is 23.3. The van der Waals surface area contributed by atoms with Crippen molar-refractivity contribution < 1.29 is 37.8 Å². The van der Waals surface area contributed by atoms with E-state index in [1.54, 1.807) is 25.1 Å². The van der Waals surface area contributed by atoms with Gasteiger partial charge < -0.3 is 18.6 Å². The lowest BCUT2D eigenvalue weighted by Gasteiger charge is -2.26. The summed E-state index contributed by atoms with van der Waals surface area (Å²) in [7, 11) is 1.49. The second-order valence-corrected chi connectivity index (χ2v) is 7.16. The highest BCUT2D eigenvalue weighted by Crippen LogP contribution is 2.31. The van der Waals surface area contributed by atoms with Crippen LogP contribution in [0.15, 0.2) is 70.9 Å². The van der Waals surface area contributed by atoms with Crippen LogP contribution in [0.1, 0.15) is 23.0 Å². The Hall–Kier alpha value is -4.86. The number of barbiturate groups is 1. The van der Waals surface area contributed by atoms with Crippen molar-refractivity contribution in [2.75, 3.05) is 18.6 Å². The number of rotatable bonds is 7. The van der Waals surface area contributed by atoms with E-state index in [2.05, 4.69) is 5.32 Å².